The van der Waals surface area contributed by atoms with Gasteiger partial charge in [-0.05, 0) is 60.7 Å². The first-order chi connectivity index (χ1) is 13.3. The first-order valence-electron chi connectivity index (χ1n) is 8.73. The van der Waals surface area contributed by atoms with Crippen LogP contribution in [0.25, 0.3) is 11.1 Å². The van der Waals surface area contributed by atoms with Crippen LogP contribution < -0.4 is 4.74 Å². The van der Waals surface area contributed by atoms with Gasteiger partial charge in [0.25, 0.3) is 0 Å². The number of pyridine rings is 1. The van der Waals surface area contributed by atoms with Gasteiger partial charge < -0.3 is 9.84 Å². The molecule has 0 fully saturated rings. The molecule has 2 N–H and O–H groups in total. The molecule has 2 heterocycles. The van der Waals surface area contributed by atoms with Crippen LogP contribution in [0.2, 0.25) is 0 Å². The number of benzene rings is 1. The predicted molar refractivity (Wildman–Crippen MR) is 108 cm³/mol. The second-order valence-corrected chi connectivity index (χ2v) is 9.00. The molecule has 2 aromatic heterocycles. The summed E-state index contributed by atoms with van der Waals surface area (Å²) in [6, 6.07) is 12.4. The number of ether oxygens (including phenoxy) is 1. The number of aryl methyl sites for hydroxylation is 1. The molecular formula is C20H21NO5S2. The third-order valence-electron chi connectivity index (χ3n) is 4.33. The average molecular weight is 420 g/mol. The third kappa shape index (κ3) is 5.39. The van der Waals surface area contributed by atoms with E-state index in [-0.39, 0.29) is 10.3 Å². The van der Waals surface area contributed by atoms with Gasteiger partial charge in [0.05, 0.1) is 6.10 Å². The lowest BCUT2D eigenvalue weighted by Gasteiger charge is -2.20. The van der Waals surface area contributed by atoms with E-state index in [4.69, 9.17) is 9.29 Å². The Labute approximate surface area is 168 Å². The van der Waals surface area contributed by atoms with E-state index >= 15 is 0 Å². The van der Waals surface area contributed by atoms with Crippen molar-refractivity contribution < 1.29 is 22.8 Å². The minimum absolute atomic E-state index is 0.0896. The van der Waals surface area contributed by atoms with Gasteiger partial charge in [0, 0.05) is 17.8 Å². The highest BCUT2D eigenvalue weighted by Crippen LogP contribution is 2.29. The number of hydrogen-bond acceptors (Lipinski definition) is 6. The molecule has 0 saturated carbocycles. The molecule has 0 aliphatic heterocycles. The molecule has 0 aliphatic rings. The molecule has 0 bridgehead atoms. The number of thiophene rings is 1. The molecule has 0 spiro atoms. The lowest BCUT2D eigenvalue weighted by molar-refractivity contribution is 0.0420. The van der Waals surface area contributed by atoms with Gasteiger partial charge >= 0.3 is 10.1 Å². The fourth-order valence-corrected chi connectivity index (χ4v) is 4.27. The molecule has 3 rings (SSSR count). The minimum atomic E-state index is -4.19. The number of nitrogens with zero attached hydrogens (tertiary/aromatic N) is 1. The van der Waals surface area contributed by atoms with Gasteiger partial charge in [0.15, 0.2) is 0 Å². The predicted octanol–water partition coefficient (Wildman–Crippen LogP) is 3.82. The van der Waals surface area contributed by atoms with Crippen LogP contribution in [0.5, 0.6) is 5.75 Å². The van der Waals surface area contributed by atoms with Gasteiger partial charge in [-0.3, -0.25) is 9.54 Å². The Morgan fingerprint density at radius 2 is 1.93 bits per heavy atom. The summed E-state index contributed by atoms with van der Waals surface area (Å²) in [5, 5.41) is 12.0. The van der Waals surface area contributed by atoms with Crippen molar-refractivity contribution in [2.45, 2.75) is 36.2 Å². The normalized spacial score (nSPS) is 13.8. The third-order valence-corrected chi connectivity index (χ3v) is 6.60. The molecule has 0 saturated heterocycles. The van der Waals surface area contributed by atoms with Crippen molar-refractivity contribution >= 4 is 21.5 Å². The van der Waals surface area contributed by atoms with Gasteiger partial charge in [-0.25, -0.2) is 0 Å². The summed E-state index contributed by atoms with van der Waals surface area (Å²) in [5.74, 6) is 0.613. The van der Waals surface area contributed by atoms with Crippen LogP contribution in [0.4, 0.5) is 0 Å². The van der Waals surface area contributed by atoms with E-state index in [0.29, 0.717) is 17.7 Å². The van der Waals surface area contributed by atoms with Crippen LogP contribution >= 0.6 is 11.3 Å². The second-order valence-electron chi connectivity index (χ2n) is 6.44. The second kappa shape index (κ2) is 8.83. The fourth-order valence-electron chi connectivity index (χ4n) is 2.72. The van der Waals surface area contributed by atoms with E-state index in [2.05, 4.69) is 4.98 Å². The van der Waals surface area contributed by atoms with E-state index < -0.39 is 16.2 Å². The van der Waals surface area contributed by atoms with E-state index in [1.54, 1.807) is 42.0 Å². The SMILES string of the molecule is C[C@H](Oc1ccc(-c2csc(S(=O)(=O)O)c2)cc1)[C@H](O)CCc1cccnc1. The van der Waals surface area contributed by atoms with E-state index in [0.717, 1.165) is 28.9 Å². The van der Waals surface area contributed by atoms with Crippen LogP contribution in [0, 0.1) is 0 Å². The Hall–Kier alpha value is -2.26. The maximum Gasteiger partial charge on any atom is 0.304 e. The summed E-state index contributed by atoms with van der Waals surface area (Å²) >= 11 is 0.967. The van der Waals surface area contributed by atoms with Gasteiger partial charge in [-0.15, -0.1) is 11.3 Å². The van der Waals surface area contributed by atoms with E-state index in [9.17, 15) is 13.5 Å². The van der Waals surface area contributed by atoms with Crippen LogP contribution in [-0.2, 0) is 16.5 Å². The molecule has 0 aliphatic carbocycles. The molecule has 0 radical (unpaired) electrons. The molecule has 2 atom stereocenters. The van der Waals surface area contributed by atoms with Gasteiger partial charge in [-0.2, -0.15) is 8.42 Å². The zero-order valence-electron chi connectivity index (χ0n) is 15.2. The number of aromatic nitrogens is 1. The molecule has 0 amide bonds. The number of aliphatic hydroxyl groups is 1. The monoisotopic (exact) mass is 419 g/mol. The Morgan fingerprint density at radius 3 is 2.54 bits per heavy atom. The van der Waals surface area contributed by atoms with Gasteiger partial charge in [0.1, 0.15) is 16.1 Å². The van der Waals surface area contributed by atoms with Crippen molar-refractivity contribution in [2.75, 3.05) is 0 Å². The van der Waals surface area contributed by atoms with Gasteiger partial charge in [0.2, 0.25) is 0 Å². The standard InChI is InChI=1S/C20H21NO5S2/c1-14(19(22)9-4-15-3-2-10-21-12-15)26-18-7-5-16(6-8-18)17-11-20(27-13-17)28(23,24)25/h2-3,5-8,10-14,19,22H,4,9H2,1H3,(H,23,24,25)/t14-,19+/m0/s1. The summed E-state index contributed by atoms with van der Waals surface area (Å²) in [4.78, 5) is 4.06. The first kappa shape index (κ1) is 20.5. The number of rotatable bonds is 8. The van der Waals surface area contributed by atoms with Crippen LogP contribution in [0.3, 0.4) is 0 Å². The minimum Gasteiger partial charge on any atom is -0.488 e. The fraction of sp³-hybridized carbons (Fsp3) is 0.250. The van der Waals surface area contributed by atoms with Crippen LogP contribution in [-0.4, -0.2) is 35.3 Å². The van der Waals surface area contributed by atoms with Crippen molar-refractivity contribution in [2.24, 2.45) is 0 Å². The highest BCUT2D eigenvalue weighted by Gasteiger charge is 2.17. The molecule has 3 aromatic rings. The molecule has 8 heteroatoms. The summed E-state index contributed by atoms with van der Waals surface area (Å²) in [7, 11) is -4.19. The molecule has 28 heavy (non-hydrogen) atoms. The van der Waals surface area contributed by atoms with E-state index in [1.165, 1.54) is 6.07 Å². The van der Waals surface area contributed by atoms with Crippen molar-refractivity contribution in [3.63, 3.8) is 0 Å². The van der Waals surface area contributed by atoms with Crippen molar-refractivity contribution in [3.8, 4) is 16.9 Å². The zero-order valence-corrected chi connectivity index (χ0v) is 16.9. The topological polar surface area (TPSA) is 96.7 Å². The first-order valence-corrected chi connectivity index (χ1v) is 11.0. The quantitative estimate of drug-likeness (QED) is 0.539. The molecule has 1 aromatic carbocycles. The van der Waals surface area contributed by atoms with E-state index in [1.807, 2.05) is 19.1 Å². The molecule has 148 valence electrons. The lowest BCUT2D eigenvalue weighted by atomic mass is 10.1. The average Bonchev–Trinajstić information content (AvgIpc) is 3.18. The largest absolute Gasteiger partial charge is 0.488 e. The molecular weight excluding hydrogens is 398 g/mol. The number of hydrogen-bond donors (Lipinski definition) is 2. The number of aliphatic hydroxyl groups excluding tert-OH is 1. The Bertz CT molecular complexity index is 1000. The van der Waals surface area contributed by atoms with Crippen molar-refractivity contribution in [3.05, 3.63) is 65.8 Å². The highest BCUT2D eigenvalue weighted by atomic mass is 32.3. The maximum absolute atomic E-state index is 11.2. The van der Waals surface area contributed by atoms with Crippen LogP contribution in [0.15, 0.2) is 64.4 Å². The summed E-state index contributed by atoms with van der Waals surface area (Å²) in [6.45, 7) is 1.82. The zero-order chi connectivity index (χ0) is 20.1. The Kier molecular flexibility index (Phi) is 6.46. The summed E-state index contributed by atoms with van der Waals surface area (Å²) in [6.07, 6.45) is 3.79. The Balaban J connectivity index is 1.58. The molecule has 0 unspecified atom stereocenters. The summed E-state index contributed by atoms with van der Waals surface area (Å²) in [5.41, 5.74) is 2.58. The summed E-state index contributed by atoms with van der Waals surface area (Å²) < 4.78 is 37.2. The van der Waals surface area contributed by atoms with Crippen molar-refractivity contribution in [1.29, 1.82) is 0 Å². The molecule has 6 nitrogen and oxygen atoms in total. The Morgan fingerprint density at radius 1 is 1.18 bits per heavy atom. The van der Waals surface area contributed by atoms with Crippen LogP contribution in [0.1, 0.15) is 18.9 Å². The smallest absolute Gasteiger partial charge is 0.304 e. The lowest BCUT2D eigenvalue weighted by Crippen LogP contribution is -2.29. The van der Waals surface area contributed by atoms with Crippen molar-refractivity contribution in [1.82, 2.24) is 4.98 Å². The van der Waals surface area contributed by atoms with Gasteiger partial charge in [-0.1, -0.05) is 18.2 Å². The maximum atomic E-state index is 11.2. The highest BCUT2D eigenvalue weighted by molar-refractivity contribution is 7.88.